The summed E-state index contributed by atoms with van der Waals surface area (Å²) in [6, 6.07) is 4.08. The van der Waals surface area contributed by atoms with Gasteiger partial charge in [0.25, 0.3) is 0 Å². The predicted molar refractivity (Wildman–Crippen MR) is 94.3 cm³/mol. The van der Waals surface area contributed by atoms with Crippen molar-refractivity contribution in [3.63, 3.8) is 0 Å². The number of phenols is 1. The second-order valence-electron chi connectivity index (χ2n) is 6.79. The highest BCUT2D eigenvalue weighted by Gasteiger charge is 2.14. The van der Waals surface area contributed by atoms with Crippen LogP contribution in [0, 0.1) is 0 Å². The minimum atomic E-state index is 0.268. The van der Waals surface area contributed by atoms with Gasteiger partial charge in [-0.1, -0.05) is 6.07 Å². The van der Waals surface area contributed by atoms with Crippen LogP contribution in [0.2, 0.25) is 0 Å². The Morgan fingerprint density at radius 1 is 1.17 bits per heavy atom. The van der Waals surface area contributed by atoms with E-state index in [1.54, 1.807) is 7.11 Å². The molecule has 1 N–H and O–H groups in total. The molecule has 1 aliphatic heterocycles. The van der Waals surface area contributed by atoms with Gasteiger partial charge in [-0.3, -0.25) is 0 Å². The van der Waals surface area contributed by atoms with Crippen LogP contribution >= 0.6 is 0 Å². The number of hydrogen-bond donors (Lipinski definition) is 1. The second-order valence-corrected chi connectivity index (χ2v) is 6.79. The van der Waals surface area contributed by atoms with E-state index in [-0.39, 0.29) is 5.75 Å². The van der Waals surface area contributed by atoms with E-state index in [4.69, 9.17) is 4.74 Å². The third kappa shape index (κ3) is 5.37. The molecular formula is C18H31N3O2. The Morgan fingerprint density at radius 3 is 2.48 bits per heavy atom. The number of aryl methyl sites for hydroxylation is 1. The highest BCUT2D eigenvalue weighted by molar-refractivity contribution is 5.48. The summed E-state index contributed by atoms with van der Waals surface area (Å²) in [4.78, 5) is 6.98. The Balaban J connectivity index is 1.93. The number of piperazine rings is 1. The number of phenolic OH excluding ortho intramolecular Hbond substituents is 1. The molecule has 2 rings (SSSR count). The van der Waals surface area contributed by atoms with E-state index in [2.05, 4.69) is 27.8 Å². The Hall–Kier alpha value is -1.30. The fourth-order valence-corrected chi connectivity index (χ4v) is 3.07. The second kappa shape index (κ2) is 8.52. The summed E-state index contributed by atoms with van der Waals surface area (Å²) in [6.07, 6.45) is 2.16. The van der Waals surface area contributed by atoms with Crippen molar-refractivity contribution in [3.8, 4) is 11.5 Å². The number of methoxy groups -OCH3 is 1. The van der Waals surface area contributed by atoms with Crippen LogP contribution in [0.4, 0.5) is 0 Å². The fourth-order valence-electron chi connectivity index (χ4n) is 3.07. The molecule has 0 atom stereocenters. The van der Waals surface area contributed by atoms with Gasteiger partial charge in [0.1, 0.15) is 0 Å². The standard InChI is InChI=1S/C18H31N3O2/c1-19(2)14-16-12-15(13-17(23-4)18(16)22)6-5-7-21-10-8-20(3)9-11-21/h12-13,22H,5-11,14H2,1-4H3. The third-order valence-corrected chi connectivity index (χ3v) is 4.46. The van der Waals surface area contributed by atoms with Crippen LogP contribution in [0.1, 0.15) is 17.5 Å². The molecule has 5 nitrogen and oxygen atoms in total. The Bertz CT molecular complexity index is 497. The van der Waals surface area contributed by atoms with E-state index < -0.39 is 0 Å². The van der Waals surface area contributed by atoms with Crippen LogP contribution in [0.15, 0.2) is 12.1 Å². The molecule has 1 heterocycles. The van der Waals surface area contributed by atoms with Crippen LogP contribution in [-0.4, -0.2) is 80.8 Å². The lowest BCUT2D eigenvalue weighted by Gasteiger charge is -2.32. The summed E-state index contributed by atoms with van der Waals surface area (Å²) in [6.45, 7) is 6.52. The van der Waals surface area contributed by atoms with Gasteiger partial charge in [-0.15, -0.1) is 0 Å². The molecule has 0 unspecified atom stereocenters. The summed E-state index contributed by atoms with van der Waals surface area (Å²) >= 11 is 0. The minimum absolute atomic E-state index is 0.268. The zero-order chi connectivity index (χ0) is 16.8. The van der Waals surface area contributed by atoms with Gasteiger partial charge in [0.15, 0.2) is 11.5 Å². The van der Waals surface area contributed by atoms with E-state index in [9.17, 15) is 5.11 Å². The van der Waals surface area contributed by atoms with Gasteiger partial charge >= 0.3 is 0 Å². The van der Waals surface area contributed by atoms with Gasteiger partial charge in [-0.2, -0.15) is 0 Å². The normalized spacial score (nSPS) is 16.9. The van der Waals surface area contributed by atoms with Crippen molar-refractivity contribution in [1.82, 2.24) is 14.7 Å². The molecule has 0 radical (unpaired) electrons. The summed E-state index contributed by atoms with van der Waals surface area (Å²) in [5.74, 6) is 0.850. The topological polar surface area (TPSA) is 39.2 Å². The van der Waals surface area contributed by atoms with Crippen molar-refractivity contribution in [3.05, 3.63) is 23.3 Å². The molecule has 0 aliphatic carbocycles. The van der Waals surface area contributed by atoms with Gasteiger partial charge in [0.2, 0.25) is 0 Å². The van der Waals surface area contributed by atoms with Gasteiger partial charge in [-0.05, 0) is 52.2 Å². The lowest BCUT2D eigenvalue weighted by Crippen LogP contribution is -2.44. The molecule has 5 heteroatoms. The quantitative estimate of drug-likeness (QED) is 0.827. The molecule has 0 amide bonds. The molecule has 23 heavy (non-hydrogen) atoms. The van der Waals surface area contributed by atoms with Crippen LogP contribution in [-0.2, 0) is 13.0 Å². The minimum Gasteiger partial charge on any atom is -0.504 e. The van der Waals surface area contributed by atoms with E-state index in [1.807, 2.05) is 20.2 Å². The molecule has 130 valence electrons. The van der Waals surface area contributed by atoms with Crippen molar-refractivity contribution in [2.45, 2.75) is 19.4 Å². The van der Waals surface area contributed by atoms with Crippen molar-refractivity contribution in [2.75, 3.05) is 61.0 Å². The zero-order valence-corrected chi connectivity index (χ0v) is 15.0. The van der Waals surface area contributed by atoms with Crippen molar-refractivity contribution in [2.24, 2.45) is 0 Å². The highest BCUT2D eigenvalue weighted by atomic mass is 16.5. The Labute approximate surface area is 140 Å². The van der Waals surface area contributed by atoms with Gasteiger partial charge < -0.3 is 24.5 Å². The van der Waals surface area contributed by atoms with E-state index in [0.29, 0.717) is 12.3 Å². The first kappa shape index (κ1) is 18.0. The van der Waals surface area contributed by atoms with Crippen molar-refractivity contribution in [1.29, 1.82) is 0 Å². The first-order valence-corrected chi connectivity index (χ1v) is 8.44. The first-order chi connectivity index (χ1) is 11.0. The van der Waals surface area contributed by atoms with Crippen molar-refractivity contribution >= 4 is 0 Å². The molecule has 0 spiro atoms. The lowest BCUT2D eigenvalue weighted by molar-refractivity contribution is 0.153. The van der Waals surface area contributed by atoms with E-state index >= 15 is 0 Å². The number of nitrogens with zero attached hydrogens (tertiary/aromatic N) is 3. The zero-order valence-electron chi connectivity index (χ0n) is 15.0. The highest BCUT2D eigenvalue weighted by Crippen LogP contribution is 2.32. The molecule has 1 aromatic rings. The molecule has 0 saturated carbocycles. The molecule has 1 aromatic carbocycles. The maximum absolute atomic E-state index is 10.3. The molecule has 1 saturated heterocycles. The number of likely N-dealkylation sites (N-methyl/N-ethyl adjacent to an activating group) is 1. The molecular weight excluding hydrogens is 290 g/mol. The maximum atomic E-state index is 10.3. The Kier molecular flexibility index (Phi) is 6.69. The SMILES string of the molecule is COc1cc(CCCN2CCN(C)CC2)cc(CN(C)C)c1O. The molecule has 0 bridgehead atoms. The molecule has 1 aliphatic rings. The smallest absolute Gasteiger partial charge is 0.162 e. The summed E-state index contributed by atoms with van der Waals surface area (Å²) in [7, 11) is 7.81. The maximum Gasteiger partial charge on any atom is 0.162 e. The summed E-state index contributed by atoms with van der Waals surface area (Å²) < 4.78 is 5.33. The van der Waals surface area contributed by atoms with Gasteiger partial charge in [-0.25, -0.2) is 0 Å². The lowest BCUT2D eigenvalue weighted by atomic mass is 10.0. The van der Waals surface area contributed by atoms with Crippen LogP contribution in [0.3, 0.4) is 0 Å². The van der Waals surface area contributed by atoms with Crippen LogP contribution in [0.25, 0.3) is 0 Å². The van der Waals surface area contributed by atoms with Crippen LogP contribution < -0.4 is 4.74 Å². The Morgan fingerprint density at radius 2 is 1.87 bits per heavy atom. The number of ether oxygens (including phenoxy) is 1. The molecule has 0 aromatic heterocycles. The van der Waals surface area contributed by atoms with Crippen LogP contribution in [0.5, 0.6) is 11.5 Å². The predicted octanol–water partition coefficient (Wildman–Crippen LogP) is 1.64. The number of benzene rings is 1. The largest absolute Gasteiger partial charge is 0.504 e. The summed E-state index contributed by atoms with van der Waals surface area (Å²) in [5.41, 5.74) is 2.18. The van der Waals surface area contributed by atoms with Crippen molar-refractivity contribution < 1.29 is 9.84 Å². The van der Waals surface area contributed by atoms with Gasteiger partial charge in [0.05, 0.1) is 7.11 Å². The summed E-state index contributed by atoms with van der Waals surface area (Å²) in [5, 5.41) is 10.3. The average Bonchev–Trinajstić information content (AvgIpc) is 2.51. The first-order valence-electron chi connectivity index (χ1n) is 8.44. The third-order valence-electron chi connectivity index (χ3n) is 4.46. The fraction of sp³-hybridized carbons (Fsp3) is 0.667. The molecule has 1 fully saturated rings. The van der Waals surface area contributed by atoms with E-state index in [1.165, 1.54) is 31.7 Å². The monoisotopic (exact) mass is 321 g/mol. The van der Waals surface area contributed by atoms with Gasteiger partial charge in [0, 0.05) is 38.3 Å². The van der Waals surface area contributed by atoms with E-state index in [0.717, 1.165) is 24.9 Å². The number of rotatable bonds is 7. The average molecular weight is 321 g/mol. The number of aromatic hydroxyl groups is 1. The number of hydrogen-bond acceptors (Lipinski definition) is 5.